The smallest absolute Gasteiger partial charge is 0.221 e. The minimum absolute atomic E-state index is 0.0683. The molecule has 0 bridgehead atoms. The van der Waals surface area contributed by atoms with Gasteiger partial charge >= 0.3 is 0 Å². The fourth-order valence-corrected chi connectivity index (χ4v) is 2.06. The molecule has 21 heavy (non-hydrogen) atoms. The molecule has 0 unspecified atom stereocenters. The Hall–Kier alpha value is -2.20. The summed E-state index contributed by atoms with van der Waals surface area (Å²) in [6.45, 7) is 2.14. The molecule has 0 aliphatic heterocycles. The predicted octanol–water partition coefficient (Wildman–Crippen LogP) is 2.22. The van der Waals surface area contributed by atoms with Crippen molar-refractivity contribution in [1.82, 2.24) is 15.2 Å². The average molecular weight is 283 g/mol. The van der Waals surface area contributed by atoms with Crippen molar-refractivity contribution in [2.75, 3.05) is 13.6 Å². The number of amides is 1. The highest BCUT2D eigenvalue weighted by Gasteiger charge is 2.05. The predicted molar refractivity (Wildman–Crippen MR) is 83.5 cm³/mol. The van der Waals surface area contributed by atoms with Gasteiger partial charge in [0.1, 0.15) is 0 Å². The van der Waals surface area contributed by atoms with Crippen LogP contribution in [0.4, 0.5) is 0 Å². The second-order valence-corrected chi connectivity index (χ2v) is 5.11. The largest absolute Gasteiger partial charge is 0.352 e. The van der Waals surface area contributed by atoms with Crippen LogP contribution in [0.1, 0.15) is 17.5 Å². The van der Waals surface area contributed by atoms with Crippen molar-refractivity contribution < 1.29 is 4.79 Å². The van der Waals surface area contributed by atoms with Crippen molar-refractivity contribution in [3.05, 3.63) is 66.0 Å². The highest BCUT2D eigenvalue weighted by Crippen LogP contribution is 2.03. The van der Waals surface area contributed by atoms with Gasteiger partial charge in [-0.15, -0.1) is 0 Å². The molecule has 0 fully saturated rings. The Balaban J connectivity index is 1.66. The lowest BCUT2D eigenvalue weighted by atomic mass is 10.2. The fraction of sp³-hybridized carbons (Fsp3) is 0.294. The molecular formula is C17H21N3O. The maximum absolute atomic E-state index is 11.8. The molecule has 4 nitrogen and oxygen atoms in total. The van der Waals surface area contributed by atoms with Crippen LogP contribution in [0.25, 0.3) is 0 Å². The van der Waals surface area contributed by atoms with E-state index in [4.69, 9.17) is 0 Å². The Morgan fingerprint density at radius 1 is 1.14 bits per heavy atom. The molecule has 0 saturated carbocycles. The van der Waals surface area contributed by atoms with Gasteiger partial charge < -0.3 is 10.2 Å². The highest BCUT2D eigenvalue weighted by molar-refractivity contribution is 5.76. The first-order valence-corrected chi connectivity index (χ1v) is 7.12. The molecule has 1 heterocycles. The number of carbonyl (C=O) groups excluding carboxylic acids is 1. The lowest BCUT2D eigenvalue weighted by Crippen LogP contribution is -2.28. The van der Waals surface area contributed by atoms with Gasteiger partial charge in [0.25, 0.3) is 0 Å². The van der Waals surface area contributed by atoms with Gasteiger partial charge in [0.15, 0.2) is 0 Å². The molecular weight excluding hydrogens is 262 g/mol. The maximum Gasteiger partial charge on any atom is 0.221 e. The first-order chi connectivity index (χ1) is 10.2. The molecule has 1 N–H and O–H groups in total. The van der Waals surface area contributed by atoms with E-state index in [1.165, 1.54) is 5.56 Å². The van der Waals surface area contributed by atoms with Crippen molar-refractivity contribution >= 4 is 5.91 Å². The van der Waals surface area contributed by atoms with Crippen molar-refractivity contribution in [1.29, 1.82) is 0 Å². The van der Waals surface area contributed by atoms with Crippen LogP contribution in [0.2, 0.25) is 0 Å². The lowest BCUT2D eigenvalue weighted by molar-refractivity contribution is -0.121. The van der Waals surface area contributed by atoms with Crippen LogP contribution in [-0.2, 0) is 17.9 Å². The van der Waals surface area contributed by atoms with E-state index in [0.717, 1.165) is 18.7 Å². The van der Waals surface area contributed by atoms with Crippen LogP contribution in [0, 0.1) is 0 Å². The van der Waals surface area contributed by atoms with E-state index in [-0.39, 0.29) is 5.91 Å². The van der Waals surface area contributed by atoms with E-state index in [2.05, 4.69) is 27.3 Å². The first-order valence-electron chi connectivity index (χ1n) is 7.12. The van der Waals surface area contributed by atoms with Gasteiger partial charge in [-0.3, -0.25) is 9.78 Å². The summed E-state index contributed by atoms with van der Waals surface area (Å²) in [4.78, 5) is 18.0. The third-order valence-electron chi connectivity index (χ3n) is 3.23. The molecule has 1 aromatic heterocycles. The zero-order valence-electron chi connectivity index (χ0n) is 12.3. The van der Waals surface area contributed by atoms with Gasteiger partial charge in [0.05, 0.1) is 0 Å². The summed E-state index contributed by atoms with van der Waals surface area (Å²) in [5, 5.41) is 2.91. The first kappa shape index (κ1) is 15.2. The van der Waals surface area contributed by atoms with Gasteiger partial charge in [0.2, 0.25) is 5.91 Å². The summed E-state index contributed by atoms with van der Waals surface area (Å²) >= 11 is 0. The Kier molecular flexibility index (Phi) is 5.91. The van der Waals surface area contributed by atoms with Crippen molar-refractivity contribution in [2.24, 2.45) is 0 Å². The second kappa shape index (κ2) is 8.17. The normalized spacial score (nSPS) is 10.6. The summed E-state index contributed by atoms with van der Waals surface area (Å²) in [5.41, 5.74) is 2.28. The summed E-state index contributed by atoms with van der Waals surface area (Å²) in [7, 11) is 2.03. The molecule has 0 atom stereocenters. The molecule has 1 aromatic carbocycles. The Morgan fingerprint density at radius 3 is 2.62 bits per heavy atom. The summed E-state index contributed by atoms with van der Waals surface area (Å²) < 4.78 is 0. The van der Waals surface area contributed by atoms with Gasteiger partial charge in [-0.25, -0.2) is 0 Å². The maximum atomic E-state index is 11.8. The minimum atomic E-state index is 0.0683. The molecule has 0 spiro atoms. The van der Waals surface area contributed by atoms with E-state index in [1.807, 2.05) is 37.4 Å². The molecule has 2 aromatic rings. The molecule has 0 aliphatic rings. The number of aromatic nitrogens is 1. The van der Waals surface area contributed by atoms with E-state index in [9.17, 15) is 4.79 Å². The van der Waals surface area contributed by atoms with Crippen LogP contribution < -0.4 is 5.32 Å². The number of hydrogen-bond acceptors (Lipinski definition) is 3. The number of benzene rings is 1. The Bertz CT molecular complexity index is 542. The number of hydrogen-bond donors (Lipinski definition) is 1. The SMILES string of the molecule is CN(CCC(=O)NCc1cccnc1)Cc1ccccc1. The van der Waals surface area contributed by atoms with Crippen molar-refractivity contribution in [3.63, 3.8) is 0 Å². The Morgan fingerprint density at radius 2 is 1.90 bits per heavy atom. The molecule has 4 heteroatoms. The van der Waals surface area contributed by atoms with Crippen LogP contribution in [0.3, 0.4) is 0 Å². The highest BCUT2D eigenvalue weighted by atomic mass is 16.1. The van der Waals surface area contributed by atoms with E-state index in [1.54, 1.807) is 12.4 Å². The number of nitrogens with zero attached hydrogens (tertiary/aromatic N) is 2. The van der Waals surface area contributed by atoms with Crippen LogP contribution >= 0.6 is 0 Å². The number of rotatable bonds is 7. The zero-order valence-corrected chi connectivity index (χ0v) is 12.3. The number of carbonyl (C=O) groups is 1. The molecule has 110 valence electrons. The van der Waals surface area contributed by atoms with Crippen LogP contribution in [0.5, 0.6) is 0 Å². The third-order valence-corrected chi connectivity index (χ3v) is 3.23. The molecule has 0 aliphatic carbocycles. The second-order valence-electron chi connectivity index (χ2n) is 5.11. The topological polar surface area (TPSA) is 45.2 Å². The fourth-order valence-electron chi connectivity index (χ4n) is 2.06. The summed E-state index contributed by atoms with van der Waals surface area (Å²) in [6, 6.07) is 14.1. The molecule has 1 amide bonds. The van der Waals surface area contributed by atoms with Crippen molar-refractivity contribution in [2.45, 2.75) is 19.5 Å². The Labute approximate surface area is 125 Å². The molecule has 0 radical (unpaired) electrons. The van der Waals surface area contributed by atoms with E-state index >= 15 is 0 Å². The van der Waals surface area contributed by atoms with Crippen LogP contribution in [0.15, 0.2) is 54.9 Å². The molecule has 0 saturated heterocycles. The quantitative estimate of drug-likeness (QED) is 0.847. The summed E-state index contributed by atoms with van der Waals surface area (Å²) in [6.07, 6.45) is 4.00. The number of pyridine rings is 1. The monoisotopic (exact) mass is 283 g/mol. The van der Waals surface area contributed by atoms with Crippen LogP contribution in [-0.4, -0.2) is 29.4 Å². The third kappa shape index (κ3) is 5.75. The lowest BCUT2D eigenvalue weighted by Gasteiger charge is -2.16. The zero-order chi connectivity index (χ0) is 14.9. The summed E-state index contributed by atoms with van der Waals surface area (Å²) in [5.74, 6) is 0.0683. The van der Waals surface area contributed by atoms with E-state index in [0.29, 0.717) is 13.0 Å². The van der Waals surface area contributed by atoms with E-state index < -0.39 is 0 Å². The molecule has 2 rings (SSSR count). The van der Waals surface area contributed by atoms with Gasteiger partial charge in [-0.1, -0.05) is 36.4 Å². The van der Waals surface area contributed by atoms with Gasteiger partial charge in [-0.05, 0) is 24.2 Å². The standard InChI is InChI=1S/C17H21N3O/c1-20(14-15-6-3-2-4-7-15)11-9-17(21)19-13-16-8-5-10-18-12-16/h2-8,10,12H,9,11,13-14H2,1H3,(H,19,21). The van der Waals surface area contributed by atoms with Gasteiger partial charge in [0, 0.05) is 38.4 Å². The van der Waals surface area contributed by atoms with Crippen molar-refractivity contribution in [3.8, 4) is 0 Å². The minimum Gasteiger partial charge on any atom is -0.352 e. The van der Waals surface area contributed by atoms with Gasteiger partial charge in [-0.2, -0.15) is 0 Å². The number of nitrogens with one attached hydrogen (secondary N) is 1. The average Bonchev–Trinajstić information content (AvgIpc) is 2.53.